The predicted molar refractivity (Wildman–Crippen MR) is 76.5 cm³/mol. The van der Waals surface area contributed by atoms with Gasteiger partial charge in [0, 0.05) is 23.6 Å². The number of nitrogens with zero attached hydrogens (tertiary/aromatic N) is 2. The molecule has 102 valence electrons. The number of halogens is 1. The lowest BCUT2D eigenvalue weighted by Gasteiger charge is -2.35. The molecule has 6 heteroatoms. The van der Waals surface area contributed by atoms with Crippen LogP contribution < -0.4 is 5.32 Å². The van der Waals surface area contributed by atoms with E-state index in [1.165, 1.54) is 32.1 Å². The van der Waals surface area contributed by atoms with Crippen molar-refractivity contribution in [2.24, 2.45) is 0 Å². The monoisotopic (exact) mass is 289 g/mol. The molecule has 1 saturated carbocycles. The van der Waals surface area contributed by atoms with Crippen molar-refractivity contribution in [1.82, 2.24) is 10.2 Å². The largest absolute Gasteiger partial charge is 0.408 e. The van der Waals surface area contributed by atoms with Gasteiger partial charge >= 0.3 is 6.01 Å². The van der Waals surface area contributed by atoms with E-state index in [9.17, 15) is 0 Å². The summed E-state index contributed by atoms with van der Waals surface area (Å²) in [6.07, 6.45) is 9.37. The summed E-state index contributed by atoms with van der Waals surface area (Å²) in [5, 5.41) is 11.2. The number of aryl methyl sites for hydroxylation is 1. The summed E-state index contributed by atoms with van der Waals surface area (Å²) in [6, 6.07) is 0.522. The number of thioether (sulfide) groups is 1. The first-order chi connectivity index (χ1) is 8.78. The molecular formula is C12H20ClN3OS. The molecule has 1 aliphatic rings. The molecule has 1 aromatic heterocycles. The van der Waals surface area contributed by atoms with E-state index in [1.54, 1.807) is 0 Å². The van der Waals surface area contributed by atoms with E-state index in [0.717, 1.165) is 6.54 Å². The van der Waals surface area contributed by atoms with Gasteiger partial charge in [-0.1, -0.05) is 24.4 Å². The maximum atomic E-state index is 5.64. The van der Waals surface area contributed by atoms with Crippen molar-refractivity contribution in [1.29, 1.82) is 0 Å². The van der Waals surface area contributed by atoms with E-state index in [2.05, 4.69) is 21.8 Å². The zero-order valence-electron chi connectivity index (χ0n) is 10.7. The molecule has 0 atom stereocenters. The Balaban J connectivity index is 1.88. The third-order valence-corrected chi connectivity index (χ3v) is 5.14. The van der Waals surface area contributed by atoms with Crippen molar-refractivity contribution in [2.75, 3.05) is 24.0 Å². The first-order valence-corrected chi connectivity index (χ1v) is 8.21. The predicted octanol–water partition coefficient (Wildman–Crippen LogP) is 3.33. The second-order valence-corrected chi connectivity index (χ2v) is 6.39. The van der Waals surface area contributed by atoms with Gasteiger partial charge in [-0.2, -0.15) is 11.8 Å². The number of aromatic nitrogens is 2. The van der Waals surface area contributed by atoms with E-state index in [-0.39, 0.29) is 0 Å². The summed E-state index contributed by atoms with van der Waals surface area (Å²) in [5.74, 6) is 1.12. The van der Waals surface area contributed by atoms with E-state index in [0.29, 0.717) is 29.0 Å². The fourth-order valence-corrected chi connectivity index (χ4v) is 3.47. The zero-order valence-corrected chi connectivity index (χ0v) is 12.3. The summed E-state index contributed by atoms with van der Waals surface area (Å²) in [7, 11) is 0. The van der Waals surface area contributed by atoms with Crippen LogP contribution in [0, 0.1) is 0 Å². The smallest absolute Gasteiger partial charge is 0.315 e. The molecule has 1 heterocycles. The van der Waals surface area contributed by atoms with Crippen molar-refractivity contribution in [3.05, 3.63) is 5.89 Å². The highest BCUT2D eigenvalue weighted by atomic mass is 35.5. The van der Waals surface area contributed by atoms with Gasteiger partial charge in [-0.25, -0.2) is 0 Å². The zero-order chi connectivity index (χ0) is 12.8. The van der Waals surface area contributed by atoms with E-state index in [4.69, 9.17) is 16.0 Å². The quantitative estimate of drug-likeness (QED) is 0.814. The second kappa shape index (κ2) is 6.66. The summed E-state index contributed by atoms with van der Waals surface area (Å²) in [5.41, 5.74) is 0. The van der Waals surface area contributed by atoms with Gasteiger partial charge < -0.3 is 9.73 Å². The molecule has 2 rings (SSSR count). The van der Waals surface area contributed by atoms with Gasteiger partial charge in [0.1, 0.15) is 0 Å². The fourth-order valence-electron chi connectivity index (χ4n) is 2.39. The van der Waals surface area contributed by atoms with Crippen LogP contribution in [0.4, 0.5) is 6.01 Å². The molecule has 0 aliphatic heterocycles. The van der Waals surface area contributed by atoms with Crippen LogP contribution in [0.25, 0.3) is 0 Å². The Kier molecular flexibility index (Phi) is 5.18. The van der Waals surface area contributed by atoms with E-state index in [1.807, 2.05) is 11.8 Å². The number of hydrogen-bond donors (Lipinski definition) is 1. The van der Waals surface area contributed by atoms with Crippen LogP contribution in [0.15, 0.2) is 4.42 Å². The van der Waals surface area contributed by atoms with E-state index < -0.39 is 0 Å². The molecule has 0 spiro atoms. The SMILES string of the molecule is CSC1(CNc2nnc(CCCl)o2)CCCCC1. The molecule has 1 fully saturated rings. The van der Waals surface area contributed by atoms with Gasteiger partial charge in [-0.3, -0.25) is 0 Å². The van der Waals surface area contributed by atoms with Gasteiger partial charge in [0.2, 0.25) is 5.89 Å². The first-order valence-electron chi connectivity index (χ1n) is 6.45. The average molecular weight is 290 g/mol. The maximum Gasteiger partial charge on any atom is 0.315 e. The highest BCUT2D eigenvalue weighted by molar-refractivity contribution is 8.00. The first kappa shape index (κ1) is 14.0. The number of alkyl halides is 1. The molecule has 18 heavy (non-hydrogen) atoms. The normalized spacial score (nSPS) is 18.8. The lowest BCUT2D eigenvalue weighted by atomic mass is 9.88. The van der Waals surface area contributed by atoms with Crippen molar-refractivity contribution < 1.29 is 4.42 Å². The molecule has 0 amide bonds. The number of hydrogen-bond acceptors (Lipinski definition) is 5. The van der Waals surface area contributed by atoms with Crippen LogP contribution in [0.2, 0.25) is 0 Å². The van der Waals surface area contributed by atoms with Crippen LogP contribution in [-0.2, 0) is 6.42 Å². The Morgan fingerprint density at radius 1 is 1.33 bits per heavy atom. The third kappa shape index (κ3) is 3.54. The topological polar surface area (TPSA) is 51.0 Å². The van der Waals surface area contributed by atoms with Gasteiger partial charge in [0.25, 0.3) is 0 Å². The standard InChI is InChI=1S/C12H20ClN3OS/c1-18-12(6-3-2-4-7-12)9-14-11-16-15-10(17-11)5-8-13/h2-9H2,1H3,(H,14,16). The van der Waals surface area contributed by atoms with Crippen LogP contribution >= 0.6 is 23.4 Å². The average Bonchev–Trinajstić information content (AvgIpc) is 2.86. The van der Waals surface area contributed by atoms with Crippen LogP contribution in [0.1, 0.15) is 38.0 Å². The van der Waals surface area contributed by atoms with Crippen molar-refractivity contribution in [3.8, 4) is 0 Å². The third-order valence-electron chi connectivity index (χ3n) is 3.53. The van der Waals surface area contributed by atoms with Gasteiger partial charge in [0.05, 0.1) is 0 Å². The molecule has 0 saturated heterocycles. The summed E-state index contributed by atoms with van der Waals surface area (Å²) >= 11 is 7.59. The summed E-state index contributed by atoms with van der Waals surface area (Å²) in [6.45, 7) is 0.899. The molecular weight excluding hydrogens is 270 g/mol. The minimum Gasteiger partial charge on any atom is -0.408 e. The molecule has 0 radical (unpaired) electrons. The van der Waals surface area contributed by atoms with Crippen LogP contribution in [0.3, 0.4) is 0 Å². The molecule has 1 N–H and O–H groups in total. The van der Waals surface area contributed by atoms with Crippen LogP contribution in [-0.4, -0.2) is 33.6 Å². The van der Waals surface area contributed by atoms with Crippen molar-refractivity contribution in [3.63, 3.8) is 0 Å². The molecule has 0 bridgehead atoms. The molecule has 1 aromatic rings. The lowest BCUT2D eigenvalue weighted by Crippen LogP contribution is -2.35. The Labute approximate surface area is 117 Å². The minimum absolute atomic E-state index is 0.333. The Bertz CT molecular complexity index is 366. The maximum absolute atomic E-state index is 5.64. The van der Waals surface area contributed by atoms with Gasteiger partial charge in [0.15, 0.2) is 0 Å². The Morgan fingerprint density at radius 2 is 2.11 bits per heavy atom. The number of rotatable bonds is 6. The van der Waals surface area contributed by atoms with Crippen molar-refractivity contribution in [2.45, 2.75) is 43.3 Å². The highest BCUT2D eigenvalue weighted by Crippen LogP contribution is 2.38. The summed E-state index contributed by atoms with van der Waals surface area (Å²) in [4.78, 5) is 0. The number of anilines is 1. The lowest BCUT2D eigenvalue weighted by molar-refractivity contribution is 0.407. The Morgan fingerprint density at radius 3 is 2.78 bits per heavy atom. The fraction of sp³-hybridized carbons (Fsp3) is 0.833. The Hall–Kier alpha value is -0.420. The van der Waals surface area contributed by atoms with Crippen LogP contribution in [0.5, 0.6) is 0 Å². The number of nitrogens with one attached hydrogen (secondary N) is 1. The molecule has 4 nitrogen and oxygen atoms in total. The van der Waals surface area contributed by atoms with Crippen molar-refractivity contribution >= 4 is 29.4 Å². The molecule has 0 aromatic carbocycles. The molecule has 0 unspecified atom stereocenters. The minimum atomic E-state index is 0.333. The van der Waals surface area contributed by atoms with Gasteiger partial charge in [-0.05, 0) is 19.1 Å². The summed E-state index contributed by atoms with van der Waals surface area (Å²) < 4.78 is 5.81. The van der Waals surface area contributed by atoms with Gasteiger partial charge in [-0.15, -0.1) is 16.7 Å². The highest BCUT2D eigenvalue weighted by Gasteiger charge is 2.31. The molecule has 1 aliphatic carbocycles. The second-order valence-electron chi connectivity index (χ2n) is 4.74. The van der Waals surface area contributed by atoms with E-state index >= 15 is 0 Å².